The summed E-state index contributed by atoms with van der Waals surface area (Å²) >= 11 is 0. The van der Waals surface area contributed by atoms with Gasteiger partial charge >= 0.3 is 5.97 Å². The first kappa shape index (κ1) is 16.8. The maximum atomic E-state index is 12.4. The molecular weight excluding hydrogens is 330 g/mol. The van der Waals surface area contributed by atoms with Gasteiger partial charge in [-0.3, -0.25) is 4.79 Å². The van der Waals surface area contributed by atoms with Crippen molar-refractivity contribution >= 4 is 17.6 Å². The topological polar surface area (TPSA) is 55.8 Å². The molecular formula is C21H21NO4. The molecule has 0 spiro atoms. The summed E-state index contributed by atoms with van der Waals surface area (Å²) in [7, 11) is 1.38. The maximum Gasteiger partial charge on any atom is 0.337 e. The van der Waals surface area contributed by atoms with Gasteiger partial charge in [-0.15, -0.1) is 0 Å². The molecule has 26 heavy (non-hydrogen) atoms. The highest BCUT2D eigenvalue weighted by atomic mass is 16.5. The lowest BCUT2D eigenvalue weighted by Crippen LogP contribution is -2.34. The first-order valence-electron chi connectivity index (χ1n) is 8.85. The molecule has 0 saturated heterocycles. The summed E-state index contributed by atoms with van der Waals surface area (Å²) < 4.78 is 10.4. The lowest BCUT2D eigenvalue weighted by molar-refractivity contribution is -0.123. The first-order chi connectivity index (χ1) is 12.7. The van der Waals surface area contributed by atoms with Crippen molar-refractivity contribution in [3.05, 3.63) is 53.6 Å². The normalized spacial score (nSPS) is 16.8. The van der Waals surface area contributed by atoms with Crippen LogP contribution in [-0.2, 0) is 20.9 Å². The quantitative estimate of drug-likeness (QED) is 0.792. The van der Waals surface area contributed by atoms with Gasteiger partial charge in [-0.2, -0.15) is 0 Å². The molecule has 0 bridgehead atoms. The van der Waals surface area contributed by atoms with Crippen LogP contribution in [-0.4, -0.2) is 32.1 Å². The number of esters is 1. The van der Waals surface area contributed by atoms with E-state index in [1.807, 2.05) is 41.3 Å². The Kier molecular flexibility index (Phi) is 4.47. The highest BCUT2D eigenvalue weighted by molar-refractivity contribution is 5.96. The van der Waals surface area contributed by atoms with Gasteiger partial charge in [-0.05, 0) is 54.2 Å². The summed E-state index contributed by atoms with van der Waals surface area (Å²) in [6, 6.07) is 13.4. The Balaban J connectivity index is 1.69. The van der Waals surface area contributed by atoms with Gasteiger partial charge < -0.3 is 14.4 Å². The van der Waals surface area contributed by atoms with Crippen LogP contribution in [0.4, 0.5) is 5.69 Å². The highest BCUT2D eigenvalue weighted by Gasteiger charge is 2.30. The number of nitrogens with zero attached hydrogens (tertiary/aromatic N) is 1. The molecule has 0 unspecified atom stereocenters. The van der Waals surface area contributed by atoms with Crippen molar-refractivity contribution in [3.63, 3.8) is 0 Å². The number of carbonyl (C=O) groups is 2. The van der Waals surface area contributed by atoms with Crippen molar-refractivity contribution in [2.24, 2.45) is 5.92 Å². The summed E-state index contributed by atoms with van der Waals surface area (Å²) in [5.74, 6) is 0.281. The largest absolute Gasteiger partial charge is 0.465 e. The summed E-state index contributed by atoms with van der Waals surface area (Å²) in [5, 5.41) is 0. The van der Waals surface area contributed by atoms with Gasteiger partial charge in [0.1, 0.15) is 6.61 Å². The van der Waals surface area contributed by atoms with E-state index < -0.39 is 0 Å². The Bertz CT molecular complexity index is 857. The fourth-order valence-electron chi connectivity index (χ4n) is 3.31. The number of ether oxygens (including phenoxy) is 2. The molecule has 1 saturated carbocycles. The van der Waals surface area contributed by atoms with Crippen LogP contribution in [0.25, 0.3) is 11.1 Å². The van der Waals surface area contributed by atoms with Crippen LogP contribution < -0.4 is 4.90 Å². The average Bonchev–Trinajstić information content (AvgIpc) is 3.50. The zero-order valence-corrected chi connectivity index (χ0v) is 14.7. The predicted molar refractivity (Wildman–Crippen MR) is 98.0 cm³/mol. The third-order valence-corrected chi connectivity index (χ3v) is 4.91. The van der Waals surface area contributed by atoms with Crippen LogP contribution in [0.15, 0.2) is 42.5 Å². The average molecular weight is 351 g/mol. The third-order valence-electron chi connectivity index (χ3n) is 4.91. The third kappa shape index (κ3) is 3.35. The van der Waals surface area contributed by atoms with Crippen LogP contribution in [0.1, 0.15) is 28.8 Å². The Hall–Kier alpha value is -2.66. The Labute approximate surface area is 152 Å². The number of methoxy groups -OCH3 is 1. The van der Waals surface area contributed by atoms with Crippen LogP contribution in [0, 0.1) is 5.92 Å². The molecule has 1 fully saturated rings. The number of hydrogen-bond donors (Lipinski definition) is 0. The molecule has 2 aromatic carbocycles. The molecule has 2 aromatic rings. The molecule has 1 heterocycles. The summed E-state index contributed by atoms with van der Waals surface area (Å²) in [4.78, 5) is 26.0. The second kappa shape index (κ2) is 6.92. The number of carbonyl (C=O) groups excluding carboxylic acids is 2. The van der Waals surface area contributed by atoms with E-state index >= 15 is 0 Å². The minimum Gasteiger partial charge on any atom is -0.465 e. The number of amides is 1. The van der Waals surface area contributed by atoms with Crippen molar-refractivity contribution < 1.29 is 19.1 Å². The molecule has 1 amide bonds. The molecule has 2 aliphatic rings. The van der Waals surface area contributed by atoms with Crippen LogP contribution in [0.2, 0.25) is 0 Å². The van der Waals surface area contributed by atoms with Gasteiger partial charge in [0, 0.05) is 17.8 Å². The van der Waals surface area contributed by atoms with Crippen molar-refractivity contribution in [2.75, 3.05) is 25.2 Å². The molecule has 5 heteroatoms. The molecule has 1 aliphatic carbocycles. The van der Waals surface area contributed by atoms with Crippen molar-refractivity contribution in [2.45, 2.75) is 19.4 Å². The smallest absolute Gasteiger partial charge is 0.337 e. The molecule has 134 valence electrons. The second-order valence-corrected chi connectivity index (χ2v) is 6.86. The SMILES string of the molecule is COC(=O)c1cccc(-c2ccc3c(c2)COCC(=O)N3CC2CC2)c1. The number of anilines is 1. The van der Waals surface area contributed by atoms with E-state index in [9.17, 15) is 9.59 Å². The van der Waals surface area contributed by atoms with Crippen molar-refractivity contribution in [3.8, 4) is 11.1 Å². The number of fused-ring (bicyclic) bond motifs is 1. The molecule has 1 aliphatic heterocycles. The second-order valence-electron chi connectivity index (χ2n) is 6.86. The Morgan fingerprint density at radius 3 is 2.73 bits per heavy atom. The molecule has 0 radical (unpaired) electrons. The highest BCUT2D eigenvalue weighted by Crippen LogP contribution is 2.35. The zero-order valence-electron chi connectivity index (χ0n) is 14.7. The zero-order chi connectivity index (χ0) is 18.1. The van der Waals surface area contributed by atoms with E-state index in [1.165, 1.54) is 20.0 Å². The summed E-state index contributed by atoms with van der Waals surface area (Å²) in [6.45, 7) is 1.30. The number of benzene rings is 2. The molecule has 4 rings (SSSR count). The minimum absolute atomic E-state index is 0.0242. The van der Waals surface area contributed by atoms with Crippen molar-refractivity contribution in [1.29, 1.82) is 0 Å². The molecule has 0 aromatic heterocycles. The van der Waals surface area contributed by atoms with Gasteiger partial charge in [0.05, 0.1) is 19.3 Å². The molecule has 5 nitrogen and oxygen atoms in total. The fraction of sp³-hybridized carbons (Fsp3) is 0.333. The lowest BCUT2D eigenvalue weighted by Gasteiger charge is -2.22. The lowest BCUT2D eigenvalue weighted by atomic mass is 9.99. The van der Waals surface area contributed by atoms with E-state index in [4.69, 9.17) is 9.47 Å². The van der Waals surface area contributed by atoms with Crippen LogP contribution in [0.5, 0.6) is 0 Å². The Morgan fingerprint density at radius 1 is 1.15 bits per heavy atom. The van der Waals surface area contributed by atoms with E-state index in [0.717, 1.165) is 28.9 Å². The number of rotatable bonds is 4. The summed E-state index contributed by atoms with van der Waals surface area (Å²) in [5.41, 5.74) is 4.37. The van der Waals surface area contributed by atoms with Crippen LogP contribution >= 0.6 is 0 Å². The Morgan fingerprint density at radius 2 is 1.96 bits per heavy atom. The predicted octanol–water partition coefficient (Wildman–Crippen LogP) is 3.41. The van der Waals surface area contributed by atoms with E-state index in [-0.39, 0.29) is 18.5 Å². The van der Waals surface area contributed by atoms with Gasteiger partial charge in [0.15, 0.2) is 0 Å². The standard InChI is InChI=1S/C21H21NO4/c1-25-21(24)17-4-2-3-15(9-17)16-7-8-19-18(10-16)12-26-13-20(23)22(19)11-14-5-6-14/h2-4,7-10,14H,5-6,11-13H2,1H3. The minimum atomic E-state index is -0.355. The van der Waals surface area contributed by atoms with E-state index in [2.05, 4.69) is 0 Å². The van der Waals surface area contributed by atoms with Gasteiger partial charge in [0.2, 0.25) is 0 Å². The maximum absolute atomic E-state index is 12.4. The summed E-state index contributed by atoms with van der Waals surface area (Å²) in [6.07, 6.45) is 2.39. The van der Waals surface area contributed by atoms with E-state index in [1.54, 1.807) is 6.07 Å². The molecule has 0 N–H and O–H groups in total. The van der Waals surface area contributed by atoms with Crippen LogP contribution in [0.3, 0.4) is 0 Å². The van der Waals surface area contributed by atoms with E-state index in [0.29, 0.717) is 18.1 Å². The monoisotopic (exact) mass is 351 g/mol. The van der Waals surface area contributed by atoms with Gasteiger partial charge in [-0.1, -0.05) is 18.2 Å². The number of hydrogen-bond acceptors (Lipinski definition) is 4. The van der Waals surface area contributed by atoms with Gasteiger partial charge in [-0.25, -0.2) is 4.79 Å². The van der Waals surface area contributed by atoms with Gasteiger partial charge in [0.25, 0.3) is 5.91 Å². The fourth-order valence-corrected chi connectivity index (χ4v) is 3.31. The first-order valence-corrected chi connectivity index (χ1v) is 8.85. The molecule has 0 atom stereocenters. The van der Waals surface area contributed by atoms with Crippen molar-refractivity contribution in [1.82, 2.24) is 0 Å².